The normalized spacial score (nSPS) is 14.2. The first-order valence-corrected chi connectivity index (χ1v) is 6.51. The summed E-state index contributed by atoms with van der Waals surface area (Å²) in [5.41, 5.74) is 3.21. The Kier molecular flexibility index (Phi) is 2.95. The number of nitrogens with one attached hydrogen (secondary N) is 1. The third kappa shape index (κ3) is 2.23. The molecular weight excluding hydrogens is 271 g/mol. The van der Waals surface area contributed by atoms with Crippen LogP contribution in [0.5, 0.6) is 0 Å². The van der Waals surface area contributed by atoms with Crippen molar-refractivity contribution >= 4 is 33.2 Å². The number of rotatable bonds is 3. The molecular formula is C9H6Cl2N2O2S. The highest BCUT2D eigenvalue weighted by Gasteiger charge is 2.21. The fourth-order valence-corrected chi connectivity index (χ4v) is 2.85. The summed E-state index contributed by atoms with van der Waals surface area (Å²) in [6.45, 7) is 0. The molecule has 16 heavy (non-hydrogen) atoms. The number of aromatic nitrogens is 1. The van der Waals surface area contributed by atoms with Crippen molar-refractivity contribution in [3.63, 3.8) is 0 Å². The second-order valence-corrected chi connectivity index (χ2v) is 5.52. The van der Waals surface area contributed by atoms with E-state index in [-0.39, 0.29) is 15.1 Å². The van der Waals surface area contributed by atoms with Gasteiger partial charge in [-0.15, -0.1) is 5.73 Å². The monoisotopic (exact) mass is 276 g/mol. The van der Waals surface area contributed by atoms with Gasteiger partial charge in [-0.2, -0.15) is 0 Å². The molecule has 0 atom stereocenters. The zero-order chi connectivity index (χ0) is 11.8. The summed E-state index contributed by atoms with van der Waals surface area (Å²) in [5.74, 6) is 0. The van der Waals surface area contributed by atoms with E-state index in [1.807, 2.05) is 0 Å². The van der Waals surface area contributed by atoms with E-state index >= 15 is 0 Å². The van der Waals surface area contributed by atoms with Crippen molar-refractivity contribution in [2.24, 2.45) is 0 Å². The van der Waals surface area contributed by atoms with E-state index < -0.39 is 10.0 Å². The minimum Gasteiger partial charge on any atom is -0.276 e. The van der Waals surface area contributed by atoms with Gasteiger partial charge < -0.3 is 0 Å². The standard InChI is InChI=1S/C9H6Cl2N2O2S/c10-6-4-8(9(11)12-5-6)16(14,15)13-7-2-1-3-7/h1,4-5,13H,2H2. The van der Waals surface area contributed by atoms with E-state index in [1.165, 1.54) is 12.3 Å². The van der Waals surface area contributed by atoms with Crippen molar-refractivity contribution in [1.29, 1.82) is 0 Å². The molecule has 1 N–H and O–H groups in total. The number of hydrogen-bond donors (Lipinski definition) is 1. The first-order valence-electron chi connectivity index (χ1n) is 4.27. The van der Waals surface area contributed by atoms with Gasteiger partial charge in [0.25, 0.3) is 10.0 Å². The van der Waals surface area contributed by atoms with Gasteiger partial charge in [-0.1, -0.05) is 23.2 Å². The predicted octanol–water partition coefficient (Wildman–Crippen LogP) is 2.11. The van der Waals surface area contributed by atoms with Crippen molar-refractivity contribution in [1.82, 2.24) is 9.71 Å². The Morgan fingerprint density at radius 2 is 2.12 bits per heavy atom. The summed E-state index contributed by atoms with van der Waals surface area (Å²) in [5, 5.41) is 0.101. The van der Waals surface area contributed by atoms with E-state index in [0.717, 1.165) is 0 Å². The van der Waals surface area contributed by atoms with Crippen molar-refractivity contribution < 1.29 is 8.42 Å². The highest BCUT2D eigenvalue weighted by Crippen LogP contribution is 2.23. The van der Waals surface area contributed by atoms with E-state index in [2.05, 4.69) is 15.4 Å². The fourth-order valence-electron chi connectivity index (χ4n) is 1.08. The highest BCUT2D eigenvalue weighted by atomic mass is 35.5. The summed E-state index contributed by atoms with van der Waals surface area (Å²) in [6.07, 6.45) is 3.55. The van der Waals surface area contributed by atoms with E-state index in [4.69, 9.17) is 23.2 Å². The largest absolute Gasteiger partial charge is 0.276 e. The quantitative estimate of drug-likeness (QED) is 0.680. The van der Waals surface area contributed by atoms with Crippen LogP contribution in [-0.2, 0) is 10.0 Å². The Bertz CT molecular complexity index is 604. The van der Waals surface area contributed by atoms with Crippen molar-refractivity contribution in [3.05, 3.63) is 39.9 Å². The highest BCUT2D eigenvalue weighted by molar-refractivity contribution is 7.89. The molecule has 0 amide bonds. The second-order valence-electron chi connectivity index (χ2n) is 3.08. The van der Waals surface area contributed by atoms with Crippen LogP contribution in [0.25, 0.3) is 0 Å². The number of pyridine rings is 1. The Labute approximate surface area is 103 Å². The molecule has 0 fully saturated rings. The Balaban J connectivity index is 2.42. The summed E-state index contributed by atoms with van der Waals surface area (Å²) in [4.78, 5) is 3.54. The first kappa shape index (κ1) is 11.5. The third-order valence-electron chi connectivity index (χ3n) is 1.90. The summed E-state index contributed by atoms with van der Waals surface area (Å²) in [6, 6.07) is 1.25. The maximum absolute atomic E-state index is 11.8. The summed E-state index contributed by atoms with van der Waals surface area (Å²) < 4.78 is 26.0. The lowest BCUT2D eigenvalue weighted by molar-refractivity contribution is 0.587. The maximum atomic E-state index is 11.8. The van der Waals surface area contributed by atoms with Gasteiger partial charge in [-0.25, -0.2) is 13.4 Å². The molecule has 1 aromatic heterocycles. The predicted molar refractivity (Wildman–Crippen MR) is 60.8 cm³/mol. The van der Waals surface area contributed by atoms with Gasteiger partial charge in [0.05, 0.1) is 10.7 Å². The lowest BCUT2D eigenvalue weighted by Crippen LogP contribution is -2.24. The number of halogens is 2. The molecule has 1 aromatic rings. The van der Waals surface area contributed by atoms with Gasteiger partial charge in [-0.05, 0) is 12.1 Å². The molecule has 0 radical (unpaired) electrons. The van der Waals surface area contributed by atoms with E-state index in [0.29, 0.717) is 12.1 Å². The van der Waals surface area contributed by atoms with Gasteiger partial charge in [0, 0.05) is 12.6 Å². The van der Waals surface area contributed by atoms with Crippen molar-refractivity contribution in [2.75, 3.05) is 0 Å². The van der Waals surface area contributed by atoms with Gasteiger partial charge in [0.15, 0.2) is 0 Å². The van der Waals surface area contributed by atoms with Crippen LogP contribution in [0.2, 0.25) is 10.2 Å². The molecule has 1 aliphatic carbocycles. The average Bonchev–Trinajstić information content (AvgIpc) is 2.16. The number of hydrogen-bond acceptors (Lipinski definition) is 3. The van der Waals surface area contributed by atoms with Gasteiger partial charge in [-0.3, -0.25) is 4.72 Å². The van der Waals surface area contributed by atoms with Crippen LogP contribution in [0, 0.1) is 0 Å². The van der Waals surface area contributed by atoms with Crippen LogP contribution in [-0.4, -0.2) is 13.4 Å². The van der Waals surface area contributed by atoms with Crippen LogP contribution >= 0.6 is 23.2 Å². The molecule has 0 aromatic carbocycles. The molecule has 1 aliphatic rings. The molecule has 0 unspecified atom stereocenters. The van der Waals surface area contributed by atoms with Crippen LogP contribution < -0.4 is 4.72 Å². The van der Waals surface area contributed by atoms with Crippen LogP contribution in [0.15, 0.2) is 34.7 Å². The topological polar surface area (TPSA) is 59.1 Å². The maximum Gasteiger partial charge on any atom is 0.265 e. The average molecular weight is 277 g/mol. The van der Waals surface area contributed by atoms with Crippen LogP contribution in [0.4, 0.5) is 0 Å². The molecule has 0 bridgehead atoms. The summed E-state index contributed by atoms with van der Waals surface area (Å²) in [7, 11) is -3.72. The Morgan fingerprint density at radius 1 is 1.44 bits per heavy atom. The van der Waals surface area contributed by atoms with E-state index in [9.17, 15) is 8.42 Å². The van der Waals surface area contributed by atoms with Crippen LogP contribution in [0.3, 0.4) is 0 Å². The SMILES string of the molecule is O=S(=O)(NC1=C=CC1)c1cc(Cl)cnc1Cl. The molecule has 2 rings (SSSR count). The molecule has 0 aliphatic heterocycles. The van der Waals surface area contributed by atoms with Crippen molar-refractivity contribution in [2.45, 2.75) is 11.3 Å². The third-order valence-corrected chi connectivity index (χ3v) is 3.93. The molecule has 7 heteroatoms. The minimum absolute atomic E-state index is 0.110. The second kappa shape index (κ2) is 4.11. The number of sulfonamides is 1. The fraction of sp³-hybridized carbons (Fsp3) is 0.111. The smallest absolute Gasteiger partial charge is 0.265 e. The number of nitrogens with zero attached hydrogens (tertiary/aromatic N) is 1. The zero-order valence-corrected chi connectivity index (χ0v) is 10.2. The van der Waals surface area contributed by atoms with Gasteiger partial charge >= 0.3 is 0 Å². The molecule has 84 valence electrons. The zero-order valence-electron chi connectivity index (χ0n) is 7.87. The molecule has 0 spiro atoms. The molecule has 0 saturated carbocycles. The minimum atomic E-state index is -3.72. The molecule has 0 saturated heterocycles. The van der Waals surface area contributed by atoms with Gasteiger partial charge in [0.2, 0.25) is 0 Å². The molecule has 1 heterocycles. The lowest BCUT2D eigenvalue weighted by atomic mass is 10.2. The van der Waals surface area contributed by atoms with E-state index in [1.54, 1.807) is 6.08 Å². The molecule has 4 nitrogen and oxygen atoms in total. The summed E-state index contributed by atoms with van der Waals surface area (Å²) >= 11 is 11.4. The van der Waals surface area contributed by atoms with Gasteiger partial charge in [0.1, 0.15) is 10.0 Å². The first-order chi connectivity index (χ1) is 7.49. The van der Waals surface area contributed by atoms with Crippen molar-refractivity contribution in [3.8, 4) is 0 Å². The van der Waals surface area contributed by atoms with Crippen LogP contribution in [0.1, 0.15) is 6.42 Å². The Hall–Kier alpha value is -1.00. The lowest BCUT2D eigenvalue weighted by Gasteiger charge is -2.12. The Morgan fingerprint density at radius 3 is 2.69 bits per heavy atom.